The van der Waals surface area contributed by atoms with E-state index < -0.39 is 19.2 Å². The summed E-state index contributed by atoms with van der Waals surface area (Å²) in [6.07, 6.45) is 3.77. The fourth-order valence-electron chi connectivity index (χ4n) is 11.7. The first-order valence-corrected chi connectivity index (χ1v) is 26.4. The number of ether oxygens (including phenoxy) is 2. The smallest absolute Gasteiger partial charge is 0.264 e. The molecule has 4 aliphatic heterocycles. The van der Waals surface area contributed by atoms with E-state index in [1.54, 1.807) is 7.11 Å². The van der Waals surface area contributed by atoms with Crippen molar-refractivity contribution in [3.63, 3.8) is 0 Å². The maximum absolute atomic E-state index is 15.5. The number of aryl methyl sites for hydroxylation is 1. The first-order valence-electron chi connectivity index (χ1n) is 23.3. The number of hydrogen-bond donors (Lipinski definition) is 2. The molecule has 6 aromatic rings. The number of aromatic nitrogens is 3. The summed E-state index contributed by atoms with van der Waals surface area (Å²) in [5.74, 6) is 0.446. The zero-order valence-electron chi connectivity index (χ0n) is 38.2. The molecule has 1 aromatic heterocycles. The SMILES string of the molecule is COc1ccc([Si](C)(C)[C@H]2[C@H](CCn3cc(C(CO)c4ccccc4)nn3)O[C@@]3(C(=O)N(Cc4ccc(N5CN(c6ccccc6)C6(CCNCC6)C5=O)cc4)c4ccccc43)[C@@H]2C)cc1. The molecule has 12 nitrogen and oxygen atoms in total. The average Bonchev–Trinajstić information content (AvgIpc) is 4.08. The Morgan fingerprint density at radius 3 is 2.23 bits per heavy atom. The van der Waals surface area contributed by atoms with Crippen molar-refractivity contribution in [3.8, 4) is 5.75 Å². The highest BCUT2D eigenvalue weighted by Gasteiger charge is 2.66. The van der Waals surface area contributed by atoms with Gasteiger partial charge < -0.3 is 29.7 Å². The topological polar surface area (TPSA) is 125 Å². The Balaban J connectivity index is 0.936. The fraction of sp³-hybridized carbons (Fsp3) is 0.358. The van der Waals surface area contributed by atoms with Crippen molar-refractivity contribution >= 4 is 42.1 Å². The second kappa shape index (κ2) is 17.6. The molecule has 66 heavy (non-hydrogen) atoms. The lowest BCUT2D eigenvalue weighted by Crippen LogP contribution is -2.55. The van der Waals surface area contributed by atoms with Crippen LogP contribution in [0.15, 0.2) is 140 Å². The number of hydrogen-bond acceptors (Lipinski definition) is 9. The number of carbonyl (C=O) groups excluding carboxylic acids is 2. The van der Waals surface area contributed by atoms with Gasteiger partial charge in [0.2, 0.25) is 0 Å². The van der Waals surface area contributed by atoms with Crippen LogP contribution in [0.1, 0.15) is 54.5 Å². The highest BCUT2D eigenvalue weighted by Crippen LogP contribution is 2.60. The van der Waals surface area contributed by atoms with Gasteiger partial charge in [0.05, 0.1) is 58.4 Å². The van der Waals surface area contributed by atoms with Crippen molar-refractivity contribution < 1.29 is 24.2 Å². The Morgan fingerprint density at radius 2 is 1.53 bits per heavy atom. The van der Waals surface area contributed by atoms with Crippen molar-refractivity contribution in [2.75, 3.05) is 48.2 Å². The maximum atomic E-state index is 15.5. The Hall–Kier alpha value is -6.12. The van der Waals surface area contributed by atoms with Crippen LogP contribution in [-0.2, 0) is 33.0 Å². The standard InChI is InChI=1S/C53H59N7O5Si/c1-37-49(66(3,4)43-25-23-42(64-2)24-26-43)48(27-32-57-34-46(55-56-57)44(35-61)39-13-7-5-8-14-39)65-53(37)45-17-11-12-18-47(45)58(51(53)63)33-38-19-21-40(22-20-38)59-36-60(41-15-9-6-10-16-41)52(50(59)62)28-30-54-31-29-52/h5-26,34,37,44,48-49,54,61H,27-33,35-36H2,1-4H3/t37-,44?,48+,49-,53+/m1/s1. The molecule has 10 rings (SSSR count). The van der Waals surface area contributed by atoms with Gasteiger partial charge in [-0.05, 0) is 91.5 Å². The second-order valence-electron chi connectivity index (χ2n) is 19.0. The summed E-state index contributed by atoms with van der Waals surface area (Å²) >= 11 is 0. The van der Waals surface area contributed by atoms with Crippen LogP contribution in [0, 0.1) is 5.92 Å². The minimum absolute atomic E-state index is 0.0509. The highest BCUT2D eigenvalue weighted by atomic mass is 28.3. The summed E-state index contributed by atoms with van der Waals surface area (Å²) in [6.45, 7) is 9.89. The van der Waals surface area contributed by atoms with E-state index in [2.05, 4.69) is 83.0 Å². The third kappa shape index (κ3) is 7.32. The van der Waals surface area contributed by atoms with E-state index >= 15 is 4.79 Å². The van der Waals surface area contributed by atoms with Crippen LogP contribution in [0.25, 0.3) is 0 Å². The van der Waals surface area contributed by atoms with E-state index in [-0.39, 0.29) is 41.9 Å². The van der Waals surface area contributed by atoms with Crippen LogP contribution < -0.4 is 29.9 Å². The molecule has 4 aliphatic rings. The molecule has 5 aromatic carbocycles. The van der Waals surface area contributed by atoms with Crippen LogP contribution in [-0.4, -0.2) is 85.1 Å². The van der Waals surface area contributed by atoms with Gasteiger partial charge in [-0.2, -0.15) is 0 Å². The summed E-state index contributed by atoms with van der Waals surface area (Å²) in [5.41, 5.74) is 4.58. The van der Waals surface area contributed by atoms with E-state index in [4.69, 9.17) is 9.47 Å². The lowest BCUT2D eigenvalue weighted by atomic mass is 9.82. The van der Waals surface area contributed by atoms with Crippen LogP contribution in [0.4, 0.5) is 17.1 Å². The molecule has 3 fully saturated rings. The molecule has 0 saturated carbocycles. The number of nitrogens with one attached hydrogen (secondary N) is 1. The number of methoxy groups -OCH3 is 1. The zero-order chi connectivity index (χ0) is 45.6. The molecule has 5 heterocycles. The number of rotatable bonds is 13. The lowest BCUT2D eigenvalue weighted by Gasteiger charge is -2.39. The van der Waals surface area contributed by atoms with Crippen molar-refractivity contribution in [1.29, 1.82) is 0 Å². The van der Waals surface area contributed by atoms with Crippen LogP contribution in [0.2, 0.25) is 18.6 Å². The number of aliphatic hydroxyl groups is 1. The van der Waals surface area contributed by atoms with Gasteiger partial charge in [0.1, 0.15) is 11.3 Å². The van der Waals surface area contributed by atoms with Gasteiger partial charge >= 0.3 is 0 Å². The molecule has 2 N–H and O–H groups in total. The number of para-hydroxylation sites is 2. The van der Waals surface area contributed by atoms with Crippen molar-refractivity contribution in [2.45, 2.75) is 81.1 Å². The molecule has 0 aliphatic carbocycles. The number of carbonyl (C=O) groups is 2. The van der Waals surface area contributed by atoms with Gasteiger partial charge in [0.15, 0.2) is 5.60 Å². The first-order chi connectivity index (χ1) is 32.1. The summed E-state index contributed by atoms with van der Waals surface area (Å²) in [4.78, 5) is 36.0. The van der Waals surface area contributed by atoms with Crippen molar-refractivity contribution in [3.05, 3.63) is 162 Å². The predicted molar refractivity (Wildman–Crippen MR) is 260 cm³/mol. The van der Waals surface area contributed by atoms with Gasteiger partial charge in [-0.25, -0.2) is 0 Å². The van der Waals surface area contributed by atoms with E-state index in [9.17, 15) is 9.90 Å². The minimum Gasteiger partial charge on any atom is -0.497 e. The second-order valence-corrected chi connectivity index (χ2v) is 23.7. The number of aliphatic hydroxyl groups excluding tert-OH is 1. The van der Waals surface area contributed by atoms with Gasteiger partial charge in [-0.3, -0.25) is 19.2 Å². The zero-order valence-corrected chi connectivity index (χ0v) is 39.2. The molecule has 5 atom stereocenters. The van der Waals surface area contributed by atoms with Crippen LogP contribution in [0.5, 0.6) is 5.75 Å². The summed E-state index contributed by atoms with van der Waals surface area (Å²) in [7, 11) is -0.701. The number of piperidine rings is 1. The molecule has 2 spiro atoms. The van der Waals surface area contributed by atoms with Gasteiger partial charge in [0, 0.05) is 35.6 Å². The molecule has 0 radical (unpaired) electrons. The molecule has 340 valence electrons. The van der Waals surface area contributed by atoms with E-state index in [1.807, 2.05) is 112 Å². The average molecular weight is 902 g/mol. The normalized spacial score (nSPS) is 23.0. The monoisotopic (exact) mass is 901 g/mol. The molecule has 0 bridgehead atoms. The Kier molecular flexibility index (Phi) is 11.7. The summed E-state index contributed by atoms with van der Waals surface area (Å²) < 4.78 is 14.8. The Bertz CT molecular complexity index is 2670. The number of benzene rings is 5. The van der Waals surface area contributed by atoms with Crippen LogP contribution in [0.3, 0.4) is 0 Å². The van der Waals surface area contributed by atoms with E-state index in [1.165, 1.54) is 5.19 Å². The minimum atomic E-state index is -2.38. The predicted octanol–water partition coefficient (Wildman–Crippen LogP) is 7.20. The number of amides is 2. The highest BCUT2D eigenvalue weighted by molar-refractivity contribution is 6.91. The molecule has 2 amide bonds. The van der Waals surface area contributed by atoms with Crippen LogP contribution >= 0.6 is 0 Å². The maximum Gasteiger partial charge on any atom is 0.264 e. The van der Waals surface area contributed by atoms with Gasteiger partial charge in [0.25, 0.3) is 11.8 Å². The molecule has 1 unspecified atom stereocenters. The van der Waals surface area contributed by atoms with Crippen molar-refractivity contribution in [2.24, 2.45) is 5.92 Å². The number of fused-ring (bicyclic) bond motifs is 2. The third-order valence-corrected chi connectivity index (χ3v) is 19.6. The number of anilines is 3. The number of nitrogens with zero attached hydrogens (tertiary/aromatic N) is 6. The Morgan fingerprint density at radius 1 is 0.848 bits per heavy atom. The largest absolute Gasteiger partial charge is 0.497 e. The lowest BCUT2D eigenvalue weighted by molar-refractivity contribution is -0.146. The summed E-state index contributed by atoms with van der Waals surface area (Å²) in [6, 6.07) is 44.9. The molecule has 13 heteroatoms. The first kappa shape index (κ1) is 43.8. The third-order valence-electron chi connectivity index (χ3n) is 15.2. The fourth-order valence-corrected chi connectivity index (χ4v) is 15.8. The van der Waals surface area contributed by atoms with Crippen molar-refractivity contribution in [1.82, 2.24) is 20.3 Å². The van der Waals surface area contributed by atoms with E-state index in [0.717, 1.165) is 65.4 Å². The quantitative estimate of drug-likeness (QED) is 0.116. The van der Waals surface area contributed by atoms with Gasteiger partial charge in [-0.15, -0.1) is 5.10 Å². The molecular weight excluding hydrogens is 843 g/mol. The summed E-state index contributed by atoms with van der Waals surface area (Å²) in [5, 5.41) is 24.1. The molecular formula is C53H59N7O5Si. The van der Waals surface area contributed by atoms with E-state index in [0.29, 0.717) is 31.9 Å². The molecule has 3 saturated heterocycles. The Labute approximate surface area is 388 Å². The van der Waals surface area contributed by atoms with Gasteiger partial charge in [-0.1, -0.05) is 121 Å².